The second-order valence-corrected chi connectivity index (χ2v) is 5.54. The SMILES string of the molecule is CCOC(=O)NC1=C(NC(=O)OCC)C(NC(=O)OCC)=C(NC(=O)OCC)C(=O)C1=O. The lowest BCUT2D eigenvalue weighted by Gasteiger charge is -2.25. The number of carbonyl (C=O) groups is 6. The van der Waals surface area contributed by atoms with Crippen molar-refractivity contribution in [2.45, 2.75) is 27.7 Å². The van der Waals surface area contributed by atoms with Crippen LogP contribution < -0.4 is 21.3 Å². The van der Waals surface area contributed by atoms with Crippen LogP contribution in [0.2, 0.25) is 0 Å². The van der Waals surface area contributed by atoms with E-state index in [1.165, 1.54) is 27.7 Å². The number of ether oxygens (including phenoxy) is 4. The van der Waals surface area contributed by atoms with Gasteiger partial charge in [0.1, 0.15) is 11.4 Å². The van der Waals surface area contributed by atoms with Gasteiger partial charge in [-0.1, -0.05) is 0 Å². The van der Waals surface area contributed by atoms with Crippen molar-refractivity contribution in [2.75, 3.05) is 26.4 Å². The molecule has 0 heterocycles. The Morgan fingerprint density at radius 3 is 0.938 bits per heavy atom. The highest BCUT2D eigenvalue weighted by Gasteiger charge is 2.39. The van der Waals surface area contributed by atoms with E-state index in [-0.39, 0.29) is 26.4 Å². The fourth-order valence-corrected chi connectivity index (χ4v) is 2.27. The molecule has 4 amide bonds. The molecule has 0 saturated carbocycles. The highest BCUT2D eigenvalue weighted by atomic mass is 16.6. The Balaban J connectivity index is 3.66. The van der Waals surface area contributed by atoms with E-state index in [9.17, 15) is 28.8 Å². The fraction of sp³-hybridized carbons (Fsp3) is 0.444. The Morgan fingerprint density at radius 1 is 0.500 bits per heavy atom. The Hall–Kier alpha value is -4.10. The smallest absolute Gasteiger partial charge is 0.411 e. The topological polar surface area (TPSA) is 187 Å². The molecule has 0 aromatic heterocycles. The maximum absolute atomic E-state index is 12.7. The van der Waals surface area contributed by atoms with Gasteiger partial charge < -0.3 is 18.9 Å². The zero-order valence-electron chi connectivity index (χ0n) is 17.9. The summed E-state index contributed by atoms with van der Waals surface area (Å²) in [6.45, 7) is 5.73. The minimum Gasteiger partial charge on any atom is -0.450 e. The zero-order valence-corrected chi connectivity index (χ0v) is 17.9. The van der Waals surface area contributed by atoms with Crippen molar-refractivity contribution >= 4 is 35.9 Å². The first-order valence-corrected chi connectivity index (χ1v) is 9.52. The molecule has 14 nitrogen and oxygen atoms in total. The van der Waals surface area contributed by atoms with E-state index in [0.717, 1.165) is 0 Å². The van der Waals surface area contributed by atoms with Crippen LogP contribution in [0.25, 0.3) is 0 Å². The minimum atomic E-state index is -1.33. The number of hydrogen-bond donors (Lipinski definition) is 4. The third kappa shape index (κ3) is 7.00. The van der Waals surface area contributed by atoms with E-state index in [4.69, 9.17) is 18.9 Å². The van der Waals surface area contributed by atoms with E-state index in [1.54, 1.807) is 0 Å². The number of alkyl carbamates (subject to hydrolysis) is 4. The van der Waals surface area contributed by atoms with Gasteiger partial charge in [-0.25, -0.2) is 19.2 Å². The number of ketones is 2. The van der Waals surface area contributed by atoms with Crippen LogP contribution in [0.4, 0.5) is 19.2 Å². The number of Topliss-reactive ketones (excluding diaryl/α,β-unsaturated/α-hetero) is 2. The second kappa shape index (κ2) is 12.6. The molecule has 176 valence electrons. The summed E-state index contributed by atoms with van der Waals surface area (Å²) in [5.41, 5.74) is -2.58. The number of allylic oxidation sites excluding steroid dienone is 2. The van der Waals surface area contributed by atoms with Gasteiger partial charge in [-0.2, -0.15) is 0 Å². The Bertz CT molecular complexity index is 792. The van der Waals surface area contributed by atoms with Gasteiger partial charge in [-0.3, -0.25) is 30.9 Å². The molecule has 32 heavy (non-hydrogen) atoms. The summed E-state index contributed by atoms with van der Waals surface area (Å²) in [5, 5.41) is 8.39. The first-order chi connectivity index (χ1) is 15.2. The summed E-state index contributed by atoms with van der Waals surface area (Å²) in [4.78, 5) is 73.3. The number of nitrogens with one attached hydrogen (secondary N) is 4. The van der Waals surface area contributed by atoms with E-state index >= 15 is 0 Å². The molecule has 0 unspecified atom stereocenters. The van der Waals surface area contributed by atoms with E-state index in [1.807, 2.05) is 10.6 Å². The monoisotopic (exact) mass is 456 g/mol. The van der Waals surface area contributed by atoms with E-state index < -0.39 is 58.7 Å². The maximum atomic E-state index is 12.7. The summed E-state index contributed by atoms with van der Waals surface area (Å²) in [7, 11) is 0. The summed E-state index contributed by atoms with van der Waals surface area (Å²) < 4.78 is 18.9. The molecule has 14 heteroatoms. The van der Waals surface area contributed by atoms with Gasteiger partial charge >= 0.3 is 24.4 Å². The molecule has 0 spiro atoms. The van der Waals surface area contributed by atoms with Crippen molar-refractivity contribution < 1.29 is 47.7 Å². The zero-order chi connectivity index (χ0) is 24.3. The lowest BCUT2D eigenvalue weighted by atomic mass is 9.99. The predicted molar refractivity (Wildman–Crippen MR) is 105 cm³/mol. The van der Waals surface area contributed by atoms with Crippen molar-refractivity contribution in [3.05, 3.63) is 22.8 Å². The van der Waals surface area contributed by atoms with Crippen LogP contribution in [-0.4, -0.2) is 62.4 Å². The Labute approximate surface area is 182 Å². The van der Waals surface area contributed by atoms with Crippen molar-refractivity contribution in [1.82, 2.24) is 21.3 Å². The molecule has 4 N–H and O–H groups in total. The van der Waals surface area contributed by atoms with Crippen LogP contribution in [0.3, 0.4) is 0 Å². The van der Waals surface area contributed by atoms with E-state index in [2.05, 4.69) is 10.6 Å². The molecular formula is C18H24N4O10. The molecule has 0 aromatic carbocycles. The minimum absolute atomic E-state index is 0.0646. The molecule has 0 radical (unpaired) electrons. The predicted octanol–water partition coefficient (Wildman–Crippen LogP) is 0.546. The van der Waals surface area contributed by atoms with Gasteiger partial charge in [0, 0.05) is 0 Å². The molecule has 0 atom stereocenters. The molecule has 0 saturated heterocycles. The Kier molecular flexibility index (Phi) is 10.2. The quantitative estimate of drug-likeness (QED) is 0.228. The largest absolute Gasteiger partial charge is 0.450 e. The molecule has 1 aliphatic rings. The van der Waals surface area contributed by atoms with Gasteiger partial charge in [0.15, 0.2) is 0 Å². The molecular weight excluding hydrogens is 432 g/mol. The number of rotatable bonds is 8. The van der Waals surface area contributed by atoms with Gasteiger partial charge in [0.2, 0.25) is 0 Å². The van der Waals surface area contributed by atoms with Crippen molar-refractivity contribution in [1.29, 1.82) is 0 Å². The third-order valence-corrected chi connectivity index (χ3v) is 3.42. The molecule has 1 aliphatic carbocycles. The molecule has 0 aromatic rings. The average molecular weight is 456 g/mol. The summed E-state index contributed by atoms with van der Waals surface area (Å²) >= 11 is 0. The summed E-state index contributed by atoms with van der Waals surface area (Å²) in [6.07, 6.45) is -4.42. The molecule has 0 fully saturated rings. The van der Waals surface area contributed by atoms with Crippen LogP contribution in [0.1, 0.15) is 27.7 Å². The number of amides is 4. The van der Waals surface area contributed by atoms with E-state index in [0.29, 0.717) is 0 Å². The summed E-state index contributed by atoms with van der Waals surface area (Å²) in [5.74, 6) is -2.66. The first-order valence-electron chi connectivity index (χ1n) is 9.52. The lowest BCUT2D eigenvalue weighted by molar-refractivity contribution is -0.132. The van der Waals surface area contributed by atoms with Gasteiger partial charge in [0.05, 0.1) is 37.8 Å². The highest BCUT2D eigenvalue weighted by Crippen LogP contribution is 2.21. The highest BCUT2D eigenvalue weighted by molar-refractivity contribution is 6.50. The third-order valence-electron chi connectivity index (χ3n) is 3.42. The van der Waals surface area contributed by atoms with Crippen molar-refractivity contribution in [3.63, 3.8) is 0 Å². The Morgan fingerprint density at radius 2 is 0.719 bits per heavy atom. The second-order valence-electron chi connectivity index (χ2n) is 5.54. The summed E-state index contributed by atoms with van der Waals surface area (Å²) in [6, 6.07) is 0. The first kappa shape index (κ1) is 25.9. The van der Waals surface area contributed by atoms with Crippen LogP contribution >= 0.6 is 0 Å². The van der Waals surface area contributed by atoms with Gasteiger partial charge in [0.25, 0.3) is 11.6 Å². The average Bonchev–Trinajstić information content (AvgIpc) is 2.72. The molecule has 0 bridgehead atoms. The fourth-order valence-electron chi connectivity index (χ4n) is 2.27. The lowest BCUT2D eigenvalue weighted by Crippen LogP contribution is -2.47. The molecule has 1 rings (SSSR count). The van der Waals surface area contributed by atoms with Crippen LogP contribution in [0, 0.1) is 0 Å². The van der Waals surface area contributed by atoms with Crippen molar-refractivity contribution in [3.8, 4) is 0 Å². The maximum Gasteiger partial charge on any atom is 0.411 e. The van der Waals surface area contributed by atoms with Gasteiger partial charge in [-0.05, 0) is 27.7 Å². The molecule has 0 aliphatic heterocycles. The van der Waals surface area contributed by atoms with Crippen LogP contribution in [0.5, 0.6) is 0 Å². The standard InChI is InChI=1S/C18H24N4O10/c1-5-29-15(25)19-9-10(20-16(26)30-6-2)12(22-18(28)32-8-4)14(24)13(23)11(9)21-17(27)31-7-3/h5-8H2,1-4H3,(H,19,25)(H,20,26)(H,21,27)(H,22,28). The normalized spacial score (nSPS) is 13.2. The van der Waals surface area contributed by atoms with Crippen molar-refractivity contribution in [2.24, 2.45) is 0 Å². The van der Waals surface area contributed by atoms with Crippen LogP contribution in [0.15, 0.2) is 22.8 Å². The number of hydrogen-bond acceptors (Lipinski definition) is 10. The van der Waals surface area contributed by atoms with Gasteiger partial charge in [-0.15, -0.1) is 0 Å². The van der Waals surface area contributed by atoms with Crippen LogP contribution in [-0.2, 0) is 28.5 Å². The number of carbonyl (C=O) groups excluding carboxylic acids is 6.